The molecule has 164 valence electrons. The number of rotatable bonds is 5. The number of aromatic nitrogens is 2. The molecule has 0 aliphatic carbocycles. The Hall–Kier alpha value is -3.01. The second kappa shape index (κ2) is 8.62. The van der Waals surface area contributed by atoms with Gasteiger partial charge in [0, 0.05) is 31.9 Å². The molecule has 8 nitrogen and oxygen atoms in total. The van der Waals surface area contributed by atoms with Crippen LogP contribution in [0.3, 0.4) is 0 Å². The molecule has 0 spiro atoms. The zero-order valence-electron chi connectivity index (χ0n) is 16.6. The maximum atomic E-state index is 14.2. The van der Waals surface area contributed by atoms with Crippen LogP contribution in [0.5, 0.6) is 5.75 Å². The van der Waals surface area contributed by atoms with Crippen molar-refractivity contribution in [3.05, 3.63) is 47.1 Å². The topological polar surface area (TPSA) is 87.7 Å². The number of nitrogens with zero attached hydrogens (tertiary/aromatic N) is 4. The van der Waals surface area contributed by atoms with Gasteiger partial charge in [-0.1, -0.05) is 11.6 Å². The molecule has 0 bridgehead atoms. The molecule has 1 aromatic heterocycles. The van der Waals surface area contributed by atoms with E-state index in [9.17, 15) is 18.4 Å². The molecule has 2 fully saturated rings. The van der Waals surface area contributed by atoms with Crippen LogP contribution in [0.25, 0.3) is 0 Å². The van der Waals surface area contributed by atoms with Crippen molar-refractivity contribution in [1.82, 2.24) is 20.2 Å². The zero-order valence-corrected chi connectivity index (χ0v) is 17.4. The highest BCUT2D eigenvalue weighted by molar-refractivity contribution is 6.30. The Balaban J connectivity index is 1.38. The van der Waals surface area contributed by atoms with Gasteiger partial charge in [0.1, 0.15) is 23.8 Å². The Kier molecular flexibility index (Phi) is 5.90. The SMILES string of the molecule is CC(=O)N1CC(F)C(NC(=O)c2nccnc2N2CC(Oc3ccc(F)c(Cl)c3)C2)C1. The van der Waals surface area contributed by atoms with Crippen molar-refractivity contribution in [2.75, 3.05) is 31.1 Å². The van der Waals surface area contributed by atoms with Gasteiger partial charge in [-0.25, -0.2) is 18.7 Å². The molecule has 2 saturated heterocycles. The molecule has 11 heteroatoms. The Morgan fingerprint density at radius 1 is 1.19 bits per heavy atom. The number of hydrogen-bond donors (Lipinski definition) is 1. The summed E-state index contributed by atoms with van der Waals surface area (Å²) in [4.78, 5) is 35.7. The fraction of sp³-hybridized carbons (Fsp3) is 0.400. The summed E-state index contributed by atoms with van der Waals surface area (Å²) in [6, 6.07) is 3.32. The van der Waals surface area contributed by atoms with Gasteiger partial charge in [0.15, 0.2) is 11.5 Å². The molecular formula is C20H20ClF2N5O3. The lowest BCUT2D eigenvalue weighted by atomic mass is 10.1. The summed E-state index contributed by atoms with van der Waals surface area (Å²) in [6.07, 6.45) is 1.30. The lowest BCUT2D eigenvalue weighted by molar-refractivity contribution is -0.128. The molecule has 4 rings (SSSR count). The summed E-state index contributed by atoms with van der Waals surface area (Å²) in [7, 11) is 0. The monoisotopic (exact) mass is 451 g/mol. The smallest absolute Gasteiger partial charge is 0.274 e. The van der Waals surface area contributed by atoms with Gasteiger partial charge in [0.2, 0.25) is 5.91 Å². The molecule has 2 aliphatic rings. The van der Waals surface area contributed by atoms with Gasteiger partial charge in [-0.05, 0) is 12.1 Å². The molecule has 0 saturated carbocycles. The maximum absolute atomic E-state index is 14.2. The Morgan fingerprint density at radius 2 is 1.94 bits per heavy atom. The fourth-order valence-electron chi connectivity index (χ4n) is 3.54. The lowest BCUT2D eigenvalue weighted by Gasteiger charge is -2.40. The van der Waals surface area contributed by atoms with E-state index >= 15 is 0 Å². The number of nitrogens with one attached hydrogen (secondary N) is 1. The minimum atomic E-state index is -1.35. The first kappa shape index (κ1) is 21.2. The summed E-state index contributed by atoms with van der Waals surface area (Å²) in [6.45, 7) is 2.28. The highest BCUT2D eigenvalue weighted by Crippen LogP contribution is 2.27. The van der Waals surface area contributed by atoms with Crippen molar-refractivity contribution in [2.45, 2.75) is 25.2 Å². The molecule has 2 amide bonds. The normalized spacial score (nSPS) is 21.0. The number of anilines is 1. The number of hydrogen-bond acceptors (Lipinski definition) is 6. The first-order valence-corrected chi connectivity index (χ1v) is 10.1. The van der Waals surface area contributed by atoms with E-state index in [1.165, 1.54) is 42.4 Å². The number of carbonyl (C=O) groups is 2. The number of benzene rings is 1. The Morgan fingerprint density at radius 3 is 2.61 bits per heavy atom. The number of amides is 2. The maximum Gasteiger partial charge on any atom is 0.274 e. The highest BCUT2D eigenvalue weighted by Gasteiger charge is 2.37. The van der Waals surface area contributed by atoms with Crippen LogP contribution in [-0.2, 0) is 4.79 Å². The van der Waals surface area contributed by atoms with Crippen LogP contribution in [0, 0.1) is 5.82 Å². The molecule has 3 heterocycles. The average molecular weight is 452 g/mol. The van der Waals surface area contributed by atoms with Gasteiger partial charge >= 0.3 is 0 Å². The van der Waals surface area contributed by atoms with Crippen LogP contribution in [0.2, 0.25) is 5.02 Å². The van der Waals surface area contributed by atoms with Crippen LogP contribution in [0.15, 0.2) is 30.6 Å². The van der Waals surface area contributed by atoms with Crippen molar-refractivity contribution in [3.63, 3.8) is 0 Å². The standard InChI is InChI=1S/C20H20ClF2N5O3/c1-11(29)27-9-16(23)17(10-27)26-20(30)18-19(25-5-4-24-18)28-7-13(8-28)31-12-2-3-15(22)14(21)6-12/h2-6,13,16-17H,7-10H2,1H3,(H,26,30). The van der Waals surface area contributed by atoms with E-state index in [2.05, 4.69) is 15.3 Å². The van der Waals surface area contributed by atoms with E-state index < -0.39 is 23.9 Å². The fourth-order valence-corrected chi connectivity index (χ4v) is 3.72. The second-order valence-electron chi connectivity index (χ2n) is 7.47. The summed E-state index contributed by atoms with van der Waals surface area (Å²) in [5.41, 5.74) is 0.0688. The van der Waals surface area contributed by atoms with Gasteiger partial charge in [-0.2, -0.15) is 0 Å². The van der Waals surface area contributed by atoms with Crippen LogP contribution in [0.4, 0.5) is 14.6 Å². The molecule has 0 radical (unpaired) electrons. The highest BCUT2D eigenvalue weighted by atomic mass is 35.5. The zero-order chi connectivity index (χ0) is 22.1. The third kappa shape index (κ3) is 4.53. The van der Waals surface area contributed by atoms with Crippen molar-refractivity contribution in [2.24, 2.45) is 0 Å². The molecular weight excluding hydrogens is 432 g/mol. The van der Waals surface area contributed by atoms with E-state index in [0.717, 1.165) is 0 Å². The second-order valence-corrected chi connectivity index (χ2v) is 7.88. The molecule has 2 aromatic rings. The van der Waals surface area contributed by atoms with Crippen molar-refractivity contribution < 1.29 is 23.1 Å². The number of ether oxygens (including phenoxy) is 1. The number of likely N-dealkylation sites (tertiary alicyclic amines) is 1. The number of halogens is 3. The Bertz CT molecular complexity index is 1000. The lowest BCUT2D eigenvalue weighted by Crippen LogP contribution is -2.55. The van der Waals surface area contributed by atoms with Crippen molar-refractivity contribution in [3.8, 4) is 5.75 Å². The number of alkyl halides is 1. The van der Waals surface area contributed by atoms with Crippen LogP contribution in [0.1, 0.15) is 17.4 Å². The largest absolute Gasteiger partial charge is 0.487 e. The van der Waals surface area contributed by atoms with Crippen molar-refractivity contribution in [1.29, 1.82) is 0 Å². The molecule has 1 N–H and O–H groups in total. The van der Waals surface area contributed by atoms with Gasteiger partial charge < -0.3 is 19.9 Å². The van der Waals surface area contributed by atoms with E-state index in [1.54, 1.807) is 4.90 Å². The van der Waals surface area contributed by atoms with Gasteiger partial charge in [-0.15, -0.1) is 0 Å². The van der Waals surface area contributed by atoms with E-state index in [4.69, 9.17) is 16.3 Å². The molecule has 31 heavy (non-hydrogen) atoms. The molecule has 1 aromatic carbocycles. The van der Waals surface area contributed by atoms with E-state index in [-0.39, 0.29) is 35.8 Å². The molecule has 2 unspecified atom stereocenters. The van der Waals surface area contributed by atoms with Gasteiger partial charge in [0.05, 0.1) is 30.7 Å². The third-order valence-corrected chi connectivity index (χ3v) is 5.54. The quantitative estimate of drug-likeness (QED) is 0.746. The Labute approximate surface area is 182 Å². The first-order valence-electron chi connectivity index (χ1n) is 9.70. The third-order valence-electron chi connectivity index (χ3n) is 5.25. The predicted octanol–water partition coefficient (Wildman–Crippen LogP) is 1.84. The van der Waals surface area contributed by atoms with Gasteiger partial charge in [0.25, 0.3) is 5.91 Å². The van der Waals surface area contributed by atoms with Crippen molar-refractivity contribution >= 4 is 29.2 Å². The average Bonchev–Trinajstić information content (AvgIpc) is 3.08. The predicted molar refractivity (Wildman–Crippen MR) is 108 cm³/mol. The number of carbonyl (C=O) groups excluding carboxylic acids is 2. The van der Waals surface area contributed by atoms with Crippen LogP contribution < -0.4 is 15.0 Å². The summed E-state index contributed by atoms with van der Waals surface area (Å²) in [5.74, 6) is -0.527. The molecule has 2 aliphatic heterocycles. The minimum absolute atomic E-state index is 0.0250. The van der Waals surface area contributed by atoms with E-state index in [0.29, 0.717) is 24.7 Å². The van der Waals surface area contributed by atoms with Crippen LogP contribution >= 0.6 is 11.6 Å². The first-order chi connectivity index (χ1) is 14.8. The summed E-state index contributed by atoms with van der Waals surface area (Å²) >= 11 is 5.77. The molecule has 2 atom stereocenters. The minimum Gasteiger partial charge on any atom is -0.487 e. The van der Waals surface area contributed by atoms with Gasteiger partial charge in [-0.3, -0.25) is 9.59 Å². The van der Waals surface area contributed by atoms with E-state index in [1.807, 2.05) is 0 Å². The summed E-state index contributed by atoms with van der Waals surface area (Å²) in [5, 5.41) is 2.59. The summed E-state index contributed by atoms with van der Waals surface area (Å²) < 4.78 is 33.3. The van der Waals surface area contributed by atoms with Crippen LogP contribution in [-0.4, -0.2) is 71.2 Å².